The van der Waals surface area contributed by atoms with Gasteiger partial charge in [0.25, 0.3) is 5.91 Å². The Morgan fingerprint density at radius 3 is 2.61 bits per heavy atom. The highest BCUT2D eigenvalue weighted by molar-refractivity contribution is 7.99. The number of benzene rings is 2. The van der Waals surface area contributed by atoms with Crippen LogP contribution in [0.4, 0.5) is 0 Å². The van der Waals surface area contributed by atoms with Crippen LogP contribution in [0, 0.1) is 0 Å². The average Bonchev–Trinajstić information content (AvgIpc) is 3.13. The Labute approximate surface area is 176 Å². The van der Waals surface area contributed by atoms with E-state index in [1.165, 1.54) is 0 Å². The number of aromatic amines is 1. The molecule has 0 aliphatic rings. The van der Waals surface area contributed by atoms with Gasteiger partial charge in [-0.2, -0.15) is 0 Å². The number of pyridine rings is 1. The maximum absolute atomic E-state index is 12.6. The molecule has 0 spiro atoms. The fraction of sp³-hybridized carbons (Fsp3) is 0.0476. The lowest BCUT2D eigenvalue weighted by atomic mass is 10.2. The lowest BCUT2D eigenvalue weighted by Gasteiger charge is -2.04. The van der Waals surface area contributed by atoms with Crippen molar-refractivity contribution in [2.75, 3.05) is 0 Å². The predicted molar refractivity (Wildman–Crippen MR) is 114 cm³/mol. The van der Waals surface area contributed by atoms with Crippen molar-refractivity contribution >= 4 is 51.8 Å². The second kappa shape index (κ2) is 8.27. The topological polar surface area (TPSA) is 57.8 Å². The minimum Gasteiger partial charge on any atom is -0.350 e. The number of hydrogen-bond donors (Lipinski definition) is 2. The van der Waals surface area contributed by atoms with Crippen LogP contribution in [0.5, 0.6) is 0 Å². The molecule has 2 aromatic carbocycles. The van der Waals surface area contributed by atoms with Gasteiger partial charge in [0, 0.05) is 36.9 Å². The number of nitrogens with zero attached hydrogens (tertiary/aromatic N) is 1. The molecule has 1 amide bonds. The molecule has 140 valence electrons. The molecular formula is C21H15Cl2N3OS. The summed E-state index contributed by atoms with van der Waals surface area (Å²) in [5.74, 6) is -0.194. The molecule has 7 heteroatoms. The maximum Gasteiger partial charge on any atom is 0.268 e. The van der Waals surface area contributed by atoms with E-state index in [-0.39, 0.29) is 5.91 Å². The van der Waals surface area contributed by atoms with Crippen molar-refractivity contribution in [3.05, 3.63) is 88.3 Å². The Hall–Kier alpha value is -2.47. The van der Waals surface area contributed by atoms with Crippen LogP contribution in [0.2, 0.25) is 10.0 Å². The van der Waals surface area contributed by atoms with Gasteiger partial charge in [0.1, 0.15) is 5.69 Å². The molecule has 0 radical (unpaired) electrons. The van der Waals surface area contributed by atoms with Gasteiger partial charge in [0.05, 0.1) is 12.2 Å². The van der Waals surface area contributed by atoms with Crippen molar-refractivity contribution in [3.8, 4) is 0 Å². The van der Waals surface area contributed by atoms with Crippen LogP contribution in [0.15, 0.2) is 76.7 Å². The number of aromatic nitrogens is 2. The van der Waals surface area contributed by atoms with E-state index < -0.39 is 0 Å². The van der Waals surface area contributed by atoms with E-state index >= 15 is 0 Å². The third-order valence-corrected chi connectivity index (χ3v) is 5.64. The minimum atomic E-state index is -0.194. The monoisotopic (exact) mass is 427 g/mol. The molecule has 0 aliphatic carbocycles. The number of rotatable bonds is 5. The fourth-order valence-corrected chi connectivity index (χ4v) is 4.18. The Morgan fingerprint density at radius 1 is 1.04 bits per heavy atom. The van der Waals surface area contributed by atoms with Gasteiger partial charge >= 0.3 is 0 Å². The molecule has 0 atom stereocenters. The highest BCUT2D eigenvalue weighted by atomic mass is 35.5. The SMILES string of the molecule is O=C(NCc1ccccn1)c1cc2c(Sc3ccc(Cl)cc3)cc(Cl)cc2[nH]1. The van der Waals surface area contributed by atoms with Gasteiger partial charge < -0.3 is 10.3 Å². The van der Waals surface area contributed by atoms with Crippen LogP contribution in [0.1, 0.15) is 16.2 Å². The maximum atomic E-state index is 12.6. The van der Waals surface area contributed by atoms with E-state index in [0.29, 0.717) is 22.3 Å². The molecule has 2 N–H and O–H groups in total. The summed E-state index contributed by atoms with van der Waals surface area (Å²) in [6.07, 6.45) is 1.70. The van der Waals surface area contributed by atoms with Crippen LogP contribution in [0.25, 0.3) is 10.9 Å². The second-order valence-corrected chi connectivity index (χ2v) is 8.10. The molecule has 0 unspecified atom stereocenters. The number of H-pyrrole nitrogens is 1. The highest BCUT2D eigenvalue weighted by Gasteiger charge is 2.14. The highest BCUT2D eigenvalue weighted by Crippen LogP contribution is 2.36. The summed E-state index contributed by atoms with van der Waals surface area (Å²) in [5.41, 5.74) is 2.09. The molecule has 0 aliphatic heterocycles. The van der Waals surface area contributed by atoms with Gasteiger partial charge in [-0.3, -0.25) is 9.78 Å². The quantitative estimate of drug-likeness (QED) is 0.413. The average molecular weight is 428 g/mol. The fourth-order valence-electron chi connectivity index (χ4n) is 2.78. The second-order valence-electron chi connectivity index (χ2n) is 6.11. The minimum absolute atomic E-state index is 0.194. The summed E-state index contributed by atoms with van der Waals surface area (Å²) >= 11 is 13.8. The van der Waals surface area contributed by atoms with Crippen LogP contribution in [-0.4, -0.2) is 15.9 Å². The van der Waals surface area contributed by atoms with Gasteiger partial charge in [-0.05, 0) is 54.6 Å². The number of hydrogen-bond acceptors (Lipinski definition) is 3. The van der Waals surface area contributed by atoms with Crippen LogP contribution >= 0.6 is 35.0 Å². The zero-order valence-corrected chi connectivity index (χ0v) is 16.9. The molecule has 4 rings (SSSR count). The third-order valence-electron chi connectivity index (χ3n) is 4.11. The van der Waals surface area contributed by atoms with Crippen LogP contribution in [0.3, 0.4) is 0 Å². The molecule has 0 saturated carbocycles. The van der Waals surface area contributed by atoms with Gasteiger partial charge in [0.2, 0.25) is 0 Å². The zero-order valence-electron chi connectivity index (χ0n) is 14.6. The van der Waals surface area contributed by atoms with Crippen molar-refractivity contribution in [3.63, 3.8) is 0 Å². The molecule has 2 heterocycles. The summed E-state index contributed by atoms with van der Waals surface area (Å²) in [5, 5.41) is 5.11. The van der Waals surface area contributed by atoms with Crippen molar-refractivity contribution in [1.29, 1.82) is 0 Å². The van der Waals surface area contributed by atoms with E-state index in [1.54, 1.807) is 18.0 Å². The van der Waals surface area contributed by atoms with Gasteiger partial charge in [0.15, 0.2) is 0 Å². The van der Waals surface area contributed by atoms with E-state index in [2.05, 4.69) is 15.3 Å². The summed E-state index contributed by atoms with van der Waals surface area (Å²) in [4.78, 5) is 21.9. The summed E-state index contributed by atoms with van der Waals surface area (Å²) < 4.78 is 0. The molecule has 28 heavy (non-hydrogen) atoms. The number of nitrogens with one attached hydrogen (secondary N) is 2. The summed E-state index contributed by atoms with van der Waals surface area (Å²) in [6, 6.07) is 18.7. The summed E-state index contributed by atoms with van der Waals surface area (Å²) in [7, 11) is 0. The Morgan fingerprint density at radius 2 is 1.86 bits per heavy atom. The number of carbonyl (C=O) groups excluding carboxylic acids is 1. The number of amides is 1. The van der Waals surface area contributed by atoms with Gasteiger partial charge in [-0.25, -0.2) is 0 Å². The molecule has 0 fully saturated rings. The lowest BCUT2D eigenvalue weighted by Crippen LogP contribution is -2.23. The third kappa shape index (κ3) is 4.33. The van der Waals surface area contributed by atoms with Gasteiger partial charge in [-0.15, -0.1) is 0 Å². The van der Waals surface area contributed by atoms with Crippen molar-refractivity contribution in [2.45, 2.75) is 16.3 Å². The Kier molecular flexibility index (Phi) is 5.57. The van der Waals surface area contributed by atoms with E-state index in [4.69, 9.17) is 23.2 Å². The molecular weight excluding hydrogens is 413 g/mol. The van der Waals surface area contributed by atoms with E-state index in [9.17, 15) is 4.79 Å². The lowest BCUT2D eigenvalue weighted by molar-refractivity contribution is 0.0946. The molecule has 4 aromatic rings. The zero-order chi connectivity index (χ0) is 19.5. The molecule has 0 bridgehead atoms. The van der Waals surface area contributed by atoms with Gasteiger partial charge in [-0.1, -0.05) is 41.0 Å². The first-order valence-corrected chi connectivity index (χ1v) is 10.1. The van der Waals surface area contributed by atoms with Crippen LogP contribution < -0.4 is 5.32 Å². The number of halogens is 2. The number of carbonyl (C=O) groups is 1. The first-order valence-electron chi connectivity index (χ1n) is 8.52. The van der Waals surface area contributed by atoms with E-state index in [1.807, 2.05) is 60.7 Å². The van der Waals surface area contributed by atoms with E-state index in [0.717, 1.165) is 26.4 Å². The predicted octanol–water partition coefficient (Wildman–Crippen LogP) is 5.95. The molecule has 4 nitrogen and oxygen atoms in total. The molecule has 0 saturated heterocycles. The Bertz CT molecular complexity index is 1130. The van der Waals surface area contributed by atoms with Crippen LogP contribution in [-0.2, 0) is 6.54 Å². The standard InChI is InChI=1S/C21H15Cl2N3OS/c22-13-4-6-16(7-5-13)28-20-10-14(23)9-18-17(20)11-19(26-18)21(27)25-12-15-3-1-2-8-24-15/h1-11,26H,12H2,(H,25,27). The van der Waals surface area contributed by atoms with Crippen molar-refractivity contribution in [2.24, 2.45) is 0 Å². The number of fused-ring (bicyclic) bond motifs is 1. The smallest absolute Gasteiger partial charge is 0.268 e. The summed E-state index contributed by atoms with van der Waals surface area (Å²) in [6.45, 7) is 0.363. The first-order chi connectivity index (χ1) is 13.6. The largest absolute Gasteiger partial charge is 0.350 e. The Balaban J connectivity index is 1.59. The first kappa shape index (κ1) is 18.9. The van der Waals surface area contributed by atoms with Crippen molar-refractivity contribution < 1.29 is 4.79 Å². The van der Waals surface area contributed by atoms with Crippen molar-refractivity contribution in [1.82, 2.24) is 15.3 Å². The normalized spacial score (nSPS) is 10.9. The molecule has 2 aromatic heterocycles.